The topological polar surface area (TPSA) is 50.1 Å². The minimum atomic E-state index is 0.536. The first-order chi connectivity index (χ1) is 18.1. The van der Waals surface area contributed by atoms with Gasteiger partial charge in [-0.3, -0.25) is 0 Å². The maximum Gasteiger partial charge on any atom is 0.181 e. The van der Waals surface area contributed by atoms with Crippen molar-refractivity contribution in [2.24, 2.45) is 5.92 Å². The van der Waals surface area contributed by atoms with Gasteiger partial charge in [0, 0.05) is 36.2 Å². The summed E-state index contributed by atoms with van der Waals surface area (Å²) in [5.74, 6) is 2.90. The zero-order chi connectivity index (χ0) is 24.9. The minimum Gasteiger partial charge on any atom is -0.370 e. The van der Waals surface area contributed by atoms with Gasteiger partial charge in [-0.15, -0.1) is 5.10 Å². The molecule has 1 unspecified atom stereocenters. The van der Waals surface area contributed by atoms with Crippen LogP contribution < -0.4 is 4.90 Å². The second-order valence-electron chi connectivity index (χ2n) is 11.4. The summed E-state index contributed by atoms with van der Waals surface area (Å²) in [6.45, 7) is 2.26. The molecule has 0 radical (unpaired) electrons. The van der Waals surface area contributed by atoms with Crippen LogP contribution in [0, 0.1) is 5.92 Å². The van der Waals surface area contributed by atoms with Crippen molar-refractivity contribution >= 4 is 11.3 Å². The third-order valence-corrected chi connectivity index (χ3v) is 9.11. The zero-order valence-electron chi connectivity index (χ0n) is 22.0. The van der Waals surface area contributed by atoms with Crippen LogP contribution in [0.2, 0.25) is 0 Å². The number of fused-ring (bicyclic) bond motifs is 3. The van der Waals surface area contributed by atoms with Crippen LogP contribution in [-0.4, -0.2) is 57.9 Å². The Morgan fingerprint density at radius 1 is 0.946 bits per heavy atom. The van der Waals surface area contributed by atoms with Crippen molar-refractivity contribution in [2.75, 3.05) is 32.1 Å². The Kier molecular flexibility index (Phi) is 5.73. The molecule has 1 saturated heterocycles. The molecule has 190 valence electrons. The number of benzene rings is 1. The summed E-state index contributed by atoms with van der Waals surface area (Å²) in [4.78, 5) is 14.9. The summed E-state index contributed by atoms with van der Waals surface area (Å²) >= 11 is 0. The zero-order valence-corrected chi connectivity index (χ0v) is 22.0. The molecule has 0 N–H and O–H groups in total. The molecule has 3 aliphatic heterocycles. The highest BCUT2D eigenvalue weighted by molar-refractivity contribution is 5.83. The molecule has 5 aliphatic rings. The third kappa shape index (κ3) is 4.11. The number of rotatable bonds is 4. The highest BCUT2D eigenvalue weighted by Crippen LogP contribution is 2.46. The smallest absolute Gasteiger partial charge is 0.181 e. The van der Waals surface area contributed by atoms with Crippen molar-refractivity contribution in [3.63, 3.8) is 0 Å². The van der Waals surface area contributed by atoms with Gasteiger partial charge in [-0.2, -0.15) is 0 Å². The lowest BCUT2D eigenvalue weighted by Crippen LogP contribution is -2.39. The van der Waals surface area contributed by atoms with Crippen LogP contribution in [0.4, 0.5) is 5.69 Å². The van der Waals surface area contributed by atoms with Gasteiger partial charge in [0.1, 0.15) is 6.33 Å². The first-order valence-electron chi connectivity index (χ1n) is 14.0. The molecule has 1 saturated carbocycles. The van der Waals surface area contributed by atoms with Gasteiger partial charge in [0.2, 0.25) is 0 Å². The number of allylic oxidation sites excluding steroid dienone is 4. The highest BCUT2D eigenvalue weighted by atomic mass is 15.4. The number of aromatic nitrogens is 4. The molecule has 37 heavy (non-hydrogen) atoms. The number of hydrogen-bond acceptors (Lipinski definition) is 5. The Labute approximate surface area is 219 Å². The first kappa shape index (κ1) is 22.9. The maximum atomic E-state index is 5.19. The predicted molar refractivity (Wildman–Crippen MR) is 149 cm³/mol. The Balaban J connectivity index is 1.22. The number of nitrogens with zero attached hydrogens (tertiary/aromatic N) is 6. The van der Waals surface area contributed by atoms with Gasteiger partial charge >= 0.3 is 0 Å². The average Bonchev–Trinajstić information content (AvgIpc) is 3.34. The van der Waals surface area contributed by atoms with Crippen LogP contribution in [0.15, 0.2) is 60.5 Å². The molecule has 0 amide bonds. The van der Waals surface area contributed by atoms with Crippen molar-refractivity contribution in [3.8, 4) is 16.9 Å². The van der Waals surface area contributed by atoms with Crippen molar-refractivity contribution < 1.29 is 0 Å². The number of pyridine rings is 1. The van der Waals surface area contributed by atoms with Gasteiger partial charge in [-0.25, -0.2) is 14.6 Å². The van der Waals surface area contributed by atoms with Crippen molar-refractivity contribution in [2.45, 2.75) is 56.9 Å². The summed E-state index contributed by atoms with van der Waals surface area (Å²) < 4.78 is 1.89. The largest absolute Gasteiger partial charge is 0.370 e. The number of hydrogen-bond donors (Lipinski definition) is 0. The summed E-state index contributed by atoms with van der Waals surface area (Å²) in [7, 11) is 4.43. The fourth-order valence-electron chi connectivity index (χ4n) is 6.92. The van der Waals surface area contributed by atoms with E-state index in [2.05, 4.69) is 72.4 Å². The first-order valence-corrected chi connectivity index (χ1v) is 14.0. The van der Waals surface area contributed by atoms with E-state index in [0.29, 0.717) is 17.9 Å². The van der Waals surface area contributed by atoms with Crippen LogP contribution in [0.1, 0.15) is 62.4 Å². The van der Waals surface area contributed by atoms with Crippen LogP contribution in [-0.2, 0) is 0 Å². The Hall–Kier alpha value is -3.25. The number of anilines is 1. The monoisotopic (exact) mass is 492 g/mol. The van der Waals surface area contributed by atoms with Gasteiger partial charge in [0.25, 0.3) is 0 Å². The molecule has 6 heteroatoms. The lowest BCUT2D eigenvalue weighted by Gasteiger charge is -2.42. The van der Waals surface area contributed by atoms with Crippen LogP contribution in [0.5, 0.6) is 0 Å². The van der Waals surface area contributed by atoms with Gasteiger partial charge in [0.15, 0.2) is 11.6 Å². The Morgan fingerprint density at radius 3 is 2.59 bits per heavy atom. The van der Waals surface area contributed by atoms with Gasteiger partial charge < -0.3 is 9.80 Å². The molecule has 2 bridgehead atoms. The molecule has 2 atom stereocenters. The van der Waals surface area contributed by atoms with Crippen molar-refractivity contribution in [1.82, 2.24) is 24.6 Å². The van der Waals surface area contributed by atoms with Crippen LogP contribution in [0.3, 0.4) is 0 Å². The van der Waals surface area contributed by atoms with E-state index in [1.165, 1.54) is 66.6 Å². The molecule has 0 spiro atoms. The van der Waals surface area contributed by atoms with Crippen molar-refractivity contribution in [3.05, 3.63) is 72.0 Å². The second kappa shape index (κ2) is 9.25. The lowest BCUT2D eigenvalue weighted by molar-refractivity contribution is 0.265. The molecule has 2 aliphatic carbocycles. The van der Waals surface area contributed by atoms with E-state index in [0.717, 1.165) is 31.2 Å². The summed E-state index contributed by atoms with van der Waals surface area (Å²) in [6, 6.07) is 13.6. The van der Waals surface area contributed by atoms with Crippen molar-refractivity contribution in [1.29, 1.82) is 0 Å². The van der Waals surface area contributed by atoms with E-state index in [-0.39, 0.29) is 0 Å². The van der Waals surface area contributed by atoms with Gasteiger partial charge in [0.05, 0.1) is 11.4 Å². The lowest BCUT2D eigenvalue weighted by atomic mass is 9.84. The molecule has 1 aromatic carbocycles. The normalized spacial score (nSPS) is 23.4. The molecule has 6 nitrogen and oxygen atoms in total. The highest BCUT2D eigenvalue weighted by Gasteiger charge is 2.35. The van der Waals surface area contributed by atoms with Crippen LogP contribution in [0.25, 0.3) is 22.5 Å². The average molecular weight is 493 g/mol. The summed E-state index contributed by atoms with van der Waals surface area (Å²) in [6.07, 6.45) is 15.0. The van der Waals surface area contributed by atoms with E-state index in [9.17, 15) is 0 Å². The Morgan fingerprint density at radius 2 is 1.78 bits per heavy atom. The van der Waals surface area contributed by atoms with Gasteiger partial charge in [-0.05, 0) is 76.6 Å². The Bertz CT molecular complexity index is 1360. The molecular weight excluding hydrogens is 456 g/mol. The van der Waals surface area contributed by atoms with Gasteiger partial charge in [-0.1, -0.05) is 48.1 Å². The van der Waals surface area contributed by atoms with E-state index < -0.39 is 0 Å². The molecule has 2 fully saturated rings. The third-order valence-electron chi connectivity index (χ3n) is 9.11. The fourth-order valence-corrected chi connectivity index (χ4v) is 6.92. The van der Waals surface area contributed by atoms with E-state index >= 15 is 0 Å². The fraction of sp³-hybridized carbons (Fsp3) is 0.452. The summed E-state index contributed by atoms with van der Waals surface area (Å²) in [5, 5.41) is 4.96. The number of piperidine rings is 1. The van der Waals surface area contributed by atoms with E-state index in [1.807, 2.05) is 11.0 Å². The predicted octanol–water partition coefficient (Wildman–Crippen LogP) is 5.86. The molecular formula is C31H36N6. The maximum absolute atomic E-state index is 5.19. The minimum absolute atomic E-state index is 0.536. The standard InChI is InChI=1S/C31H36N6/c1-35(2)26-12-10-21-8-9-25(18-24(21)11-13-26)31-32-20-37(34-31)28-19-27(22-6-4-3-5-7-22)30-29(33-28)23-14-16-36(30)17-15-23/h3-7,9,18-21,23,26H,8,10-17H2,1-2H3/t21?,26-/m0/s1. The van der Waals surface area contributed by atoms with E-state index in [4.69, 9.17) is 15.1 Å². The van der Waals surface area contributed by atoms with Crippen LogP contribution >= 0.6 is 0 Å². The molecule has 5 heterocycles. The quantitative estimate of drug-likeness (QED) is 0.457. The second-order valence-corrected chi connectivity index (χ2v) is 11.4. The molecule has 8 rings (SSSR count). The van der Waals surface area contributed by atoms with E-state index in [1.54, 1.807) is 5.57 Å². The molecule has 2 aromatic heterocycles. The summed E-state index contributed by atoms with van der Waals surface area (Å²) in [5.41, 5.74) is 7.82. The molecule has 3 aromatic rings. The SMILES string of the molecule is CN(C)[C@@H]1CCC2=CC(c3ncn(-c4cc(-c5ccccc5)c5c(n4)C4CCN5CC4)n3)=CCC2CC1.